The van der Waals surface area contributed by atoms with Gasteiger partial charge in [0.15, 0.2) is 0 Å². The van der Waals surface area contributed by atoms with Crippen LogP contribution in [0.25, 0.3) is 0 Å². The third-order valence-electron chi connectivity index (χ3n) is 5.11. The number of hydrogen-bond donors (Lipinski definition) is 2. The molecule has 0 spiro atoms. The monoisotopic (exact) mass is 371 g/mol. The Hall–Kier alpha value is -2.88. The van der Waals surface area contributed by atoms with Crippen molar-refractivity contribution in [1.29, 1.82) is 5.26 Å². The average molecular weight is 371 g/mol. The Morgan fingerprint density at radius 1 is 1.30 bits per heavy atom. The number of nitrogens with one attached hydrogen (secondary N) is 1. The lowest BCUT2D eigenvalue weighted by atomic mass is 9.82. The third kappa shape index (κ3) is 5.55. The van der Waals surface area contributed by atoms with Crippen LogP contribution in [0.5, 0.6) is 0 Å². The van der Waals surface area contributed by atoms with Crippen molar-refractivity contribution in [3.8, 4) is 6.07 Å². The molecule has 0 aliphatic heterocycles. The van der Waals surface area contributed by atoms with E-state index in [0.29, 0.717) is 31.4 Å². The Kier molecular flexibility index (Phi) is 6.94. The largest absolute Gasteiger partial charge is 0.480 e. The van der Waals surface area contributed by atoms with E-state index in [1.54, 1.807) is 31.3 Å². The summed E-state index contributed by atoms with van der Waals surface area (Å²) >= 11 is 0. The molecule has 0 bridgehead atoms. The fourth-order valence-corrected chi connectivity index (χ4v) is 3.28. The molecule has 0 radical (unpaired) electrons. The quantitative estimate of drug-likeness (QED) is 0.796. The van der Waals surface area contributed by atoms with Crippen molar-refractivity contribution < 1.29 is 19.5 Å². The highest BCUT2D eigenvalue weighted by atomic mass is 16.4. The van der Waals surface area contributed by atoms with Crippen molar-refractivity contribution in [3.63, 3.8) is 0 Å². The highest BCUT2D eigenvalue weighted by Crippen LogP contribution is 2.28. The standard InChI is InChI=1S/C20H25N3O4/c1-13(24)23(2)17-5-3-4-15(10-17)11-18(20(26)27)22-19(25)16-8-6-14(12-21)7-9-16/h3-5,10,14,16,18H,6-9,11H2,1-2H3,(H,22,25)(H,26,27)/t14?,16?,18-/m0/s1. The van der Waals surface area contributed by atoms with Gasteiger partial charge in [-0.15, -0.1) is 0 Å². The van der Waals surface area contributed by atoms with Gasteiger partial charge in [-0.2, -0.15) is 5.26 Å². The highest BCUT2D eigenvalue weighted by molar-refractivity contribution is 5.91. The van der Waals surface area contributed by atoms with Gasteiger partial charge in [-0.3, -0.25) is 9.59 Å². The first kappa shape index (κ1) is 20.4. The van der Waals surface area contributed by atoms with Gasteiger partial charge in [0, 0.05) is 37.9 Å². The summed E-state index contributed by atoms with van der Waals surface area (Å²) in [5, 5.41) is 21.1. The highest BCUT2D eigenvalue weighted by Gasteiger charge is 2.29. The number of hydrogen-bond acceptors (Lipinski definition) is 4. The first-order chi connectivity index (χ1) is 12.8. The zero-order valence-corrected chi connectivity index (χ0v) is 15.6. The predicted octanol–water partition coefficient (Wildman–Crippen LogP) is 2.11. The lowest BCUT2D eigenvalue weighted by Crippen LogP contribution is -2.45. The Morgan fingerprint density at radius 3 is 2.52 bits per heavy atom. The average Bonchev–Trinajstić information content (AvgIpc) is 2.66. The van der Waals surface area contributed by atoms with Crippen LogP contribution in [0.15, 0.2) is 24.3 Å². The van der Waals surface area contributed by atoms with E-state index in [-0.39, 0.29) is 30.1 Å². The zero-order chi connectivity index (χ0) is 20.0. The summed E-state index contributed by atoms with van der Waals surface area (Å²) in [4.78, 5) is 37.1. The van der Waals surface area contributed by atoms with Crippen LogP contribution in [0.3, 0.4) is 0 Å². The van der Waals surface area contributed by atoms with E-state index in [1.807, 2.05) is 0 Å². The molecule has 1 saturated carbocycles. The molecule has 27 heavy (non-hydrogen) atoms. The van der Waals surface area contributed by atoms with Crippen molar-refractivity contribution in [1.82, 2.24) is 5.32 Å². The minimum absolute atomic E-state index is 0.00896. The second-order valence-electron chi connectivity index (χ2n) is 7.03. The molecule has 1 aliphatic carbocycles. The van der Waals surface area contributed by atoms with Crippen molar-refractivity contribution in [3.05, 3.63) is 29.8 Å². The van der Waals surface area contributed by atoms with E-state index in [0.717, 1.165) is 5.56 Å². The van der Waals surface area contributed by atoms with Crippen molar-refractivity contribution in [2.75, 3.05) is 11.9 Å². The van der Waals surface area contributed by atoms with E-state index in [9.17, 15) is 19.5 Å². The molecule has 7 nitrogen and oxygen atoms in total. The first-order valence-electron chi connectivity index (χ1n) is 9.07. The third-order valence-corrected chi connectivity index (χ3v) is 5.11. The van der Waals surface area contributed by atoms with Gasteiger partial charge in [-0.25, -0.2) is 4.79 Å². The fraction of sp³-hybridized carbons (Fsp3) is 0.500. The molecule has 2 N–H and O–H groups in total. The van der Waals surface area contributed by atoms with Crippen molar-refractivity contribution >= 4 is 23.5 Å². The molecule has 1 aromatic rings. The minimum atomic E-state index is -1.10. The molecule has 144 valence electrons. The van der Waals surface area contributed by atoms with Gasteiger partial charge in [0.25, 0.3) is 0 Å². The van der Waals surface area contributed by atoms with Gasteiger partial charge in [0.1, 0.15) is 6.04 Å². The minimum Gasteiger partial charge on any atom is -0.480 e. The Morgan fingerprint density at radius 2 is 1.96 bits per heavy atom. The van der Waals surface area contributed by atoms with Crippen molar-refractivity contribution in [2.24, 2.45) is 11.8 Å². The van der Waals surface area contributed by atoms with Crippen LogP contribution < -0.4 is 10.2 Å². The number of anilines is 1. The van der Waals surface area contributed by atoms with Gasteiger partial charge in [0.05, 0.1) is 6.07 Å². The first-order valence-corrected chi connectivity index (χ1v) is 9.07. The molecular formula is C20H25N3O4. The van der Waals surface area contributed by atoms with Gasteiger partial charge in [0.2, 0.25) is 11.8 Å². The number of benzene rings is 1. The number of aliphatic carboxylic acids is 1. The Balaban J connectivity index is 2.03. The maximum atomic E-state index is 12.5. The topological polar surface area (TPSA) is 111 Å². The fourth-order valence-electron chi connectivity index (χ4n) is 3.28. The predicted molar refractivity (Wildman–Crippen MR) is 99.9 cm³/mol. The second kappa shape index (κ2) is 9.17. The van der Waals surface area contributed by atoms with Gasteiger partial charge < -0.3 is 15.3 Å². The summed E-state index contributed by atoms with van der Waals surface area (Å²) in [5.74, 6) is -1.74. The van der Waals surface area contributed by atoms with Gasteiger partial charge in [-0.05, 0) is 43.4 Å². The summed E-state index contributed by atoms with van der Waals surface area (Å²) < 4.78 is 0. The molecule has 7 heteroatoms. The number of nitrogens with zero attached hydrogens (tertiary/aromatic N) is 2. The Labute approximate surface area is 159 Å². The number of amides is 2. The van der Waals surface area contributed by atoms with Crippen LogP contribution in [0.1, 0.15) is 38.2 Å². The molecule has 1 fully saturated rings. The van der Waals surface area contributed by atoms with Crippen LogP contribution in [0.4, 0.5) is 5.69 Å². The van der Waals surface area contributed by atoms with Crippen LogP contribution >= 0.6 is 0 Å². The number of nitriles is 1. The number of carbonyl (C=O) groups is 3. The molecule has 0 unspecified atom stereocenters. The molecular weight excluding hydrogens is 346 g/mol. The molecule has 0 aromatic heterocycles. The summed E-state index contributed by atoms with van der Waals surface area (Å²) in [7, 11) is 1.65. The van der Waals surface area contributed by atoms with Crippen molar-refractivity contribution in [2.45, 2.75) is 45.1 Å². The number of rotatable bonds is 6. The van der Waals surface area contributed by atoms with Crippen LogP contribution in [0.2, 0.25) is 0 Å². The lowest BCUT2D eigenvalue weighted by molar-refractivity contribution is -0.142. The number of carbonyl (C=O) groups excluding carboxylic acids is 2. The normalized spacial score (nSPS) is 20.2. The lowest BCUT2D eigenvalue weighted by Gasteiger charge is -2.25. The van der Waals surface area contributed by atoms with E-state index in [4.69, 9.17) is 5.26 Å². The summed E-state index contributed by atoms with van der Waals surface area (Å²) in [6.07, 6.45) is 2.69. The maximum Gasteiger partial charge on any atom is 0.326 e. The Bertz CT molecular complexity index is 748. The summed E-state index contributed by atoms with van der Waals surface area (Å²) in [5.41, 5.74) is 1.40. The van der Waals surface area contributed by atoms with E-state index in [2.05, 4.69) is 11.4 Å². The summed E-state index contributed by atoms with van der Waals surface area (Å²) in [6.45, 7) is 1.45. The van der Waals surface area contributed by atoms with E-state index >= 15 is 0 Å². The second-order valence-corrected chi connectivity index (χ2v) is 7.03. The number of carboxylic acid groups (broad SMARTS) is 1. The van der Waals surface area contributed by atoms with E-state index in [1.165, 1.54) is 11.8 Å². The van der Waals surface area contributed by atoms with Crippen LogP contribution in [-0.4, -0.2) is 36.0 Å². The smallest absolute Gasteiger partial charge is 0.326 e. The maximum absolute atomic E-state index is 12.5. The zero-order valence-electron chi connectivity index (χ0n) is 15.6. The van der Waals surface area contributed by atoms with Crippen LogP contribution in [0, 0.1) is 23.2 Å². The van der Waals surface area contributed by atoms with Crippen LogP contribution in [-0.2, 0) is 20.8 Å². The molecule has 2 amide bonds. The molecule has 2 rings (SSSR count). The SMILES string of the molecule is CC(=O)N(C)c1cccc(C[C@H](NC(=O)C2CCC(C#N)CC2)C(=O)O)c1. The molecule has 1 aromatic carbocycles. The molecule has 1 aliphatic rings. The van der Waals surface area contributed by atoms with E-state index < -0.39 is 12.0 Å². The summed E-state index contributed by atoms with van der Waals surface area (Å²) in [6, 6.07) is 8.24. The van der Waals surface area contributed by atoms with Gasteiger partial charge >= 0.3 is 5.97 Å². The number of carboxylic acids is 1. The molecule has 1 atom stereocenters. The van der Waals surface area contributed by atoms with Gasteiger partial charge in [-0.1, -0.05) is 12.1 Å². The molecule has 0 heterocycles. The molecule has 0 saturated heterocycles.